The van der Waals surface area contributed by atoms with Crippen LogP contribution in [0.1, 0.15) is 10.4 Å². The summed E-state index contributed by atoms with van der Waals surface area (Å²) in [5.41, 5.74) is 9.35. The van der Waals surface area contributed by atoms with Crippen molar-refractivity contribution in [1.29, 1.82) is 0 Å². The lowest BCUT2D eigenvalue weighted by Crippen LogP contribution is -2.27. The van der Waals surface area contributed by atoms with Crippen molar-refractivity contribution in [2.75, 3.05) is 43.0 Å². The van der Waals surface area contributed by atoms with Crippen LogP contribution in [-0.2, 0) is 4.74 Å². The number of nitrogen functional groups attached to an aromatic ring is 1. The number of halogens is 2. The molecule has 0 saturated carbocycles. The Labute approximate surface area is 217 Å². The second-order valence-electron chi connectivity index (χ2n) is 7.24. The number of urea groups is 1. The van der Waals surface area contributed by atoms with Gasteiger partial charge in [0, 0.05) is 37.5 Å². The summed E-state index contributed by atoms with van der Waals surface area (Å²) in [7, 11) is 1.56. The fourth-order valence-corrected chi connectivity index (χ4v) is 3.61. The number of methoxy groups -OCH3 is 1. The Hall–Kier alpha value is -3.86. The van der Waals surface area contributed by atoms with Gasteiger partial charge in [0.2, 0.25) is 0 Å². The Kier molecular flexibility index (Phi) is 9.46. The van der Waals surface area contributed by atoms with E-state index < -0.39 is 6.03 Å². The zero-order valence-corrected chi connectivity index (χ0v) is 21.1. The molecule has 12 heteroatoms. The normalized spacial score (nSPS) is 10.3. The van der Waals surface area contributed by atoms with Gasteiger partial charge in [0.1, 0.15) is 11.8 Å². The summed E-state index contributed by atoms with van der Waals surface area (Å²) < 4.78 is 6.52. The molecule has 2 aromatic carbocycles. The molecule has 0 fully saturated rings. The largest absolute Gasteiger partial charge is 0.383 e. The van der Waals surface area contributed by atoms with Crippen LogP contribution in [0, 0.1) is 0 Å². The molecule has 2 heterocycles. The van der Waals surface area contributed by atoms with Gasteiger partial charge in [-0.1, -0.05) is 35.9 Å². The minimum Gasteiger partial charge on any atom is -0.383 e. The molecule has 0 atom stereocenters. The zero-order valence-electron chi connectivity index (χ0n) is 19.6. The van der Waals surface area contributed by atoms with Crippen molar-refractivity contribution < 1.29 is 14.3 Å². The van der Waals surface area contributed by atoms with Crippen molar-refractivity contribution in [1.82, 2.24) is 19.9 Å². The third kappa shape index (κ3) is 6.22. The number of carbonyl (C=O) groups excluding carboxylic acids is 2. The molecule has 0 spiro atoms. The second-order valence-corrected chi connectivity index (χ2v) is 7.65. The van der Waals surface area contributed by atoms with Crippen LogP contribution in [0.3, 0.4) is 0 Å². The molecule has 0 aliphatic carbocycles. The van der Waals surface area contributed by atoms with Gasteiger partial charge in [-0.15, -0.1) is 11.6 Å². The molecule has 5 N–H and O–H groups in total. The second kappa shape index (κ2) is 12.7. The summed E-state index contributed by atoms with van der Waals surface area (Å²) in [4.78, 5) is 29.3. The van der Waals surface area contributed by atoms with E-state index in [9.17, 15) is 9.59 Å². The van der Waals surface area contributed by atoms with Crippen LogP contribution in [0.4, 0.5) is 22.0 Å². The van der Waals surface area contributed by atoms with Gasteiger partial charge in [-0.3, -0.25) is 4.79 Å². The summed E-state index contributed by atoms with van der Waals surface area (Å²) >= 11 is 10.7. The third-order valence-corrected chi connectivity index (χ3v) is 5.32. The van der Waals surface area contributed by atoms with Gasteiger partial charge in [0.15, 0.2) is 5.82 Å². The summed E-state index contributed by atoms with van der Waals surface area (Å²) in [6.07, 6.45) is 4.40. The van der Waals surface area contributed by atoms with Gasteiger partial charge in [-0.2, -0.15) is 5.10 Å². The Balaban J connectivity index is 0.00000176. The number of para-hydroxylation sites is 1. The van der Waals surface area contributed by atoms with E-state index in [1.807, 2.05) is 0 Å². The maximum atomic E-state index is 12.9. The minimum absolute atomic E-state index is 0.238. The van der Waals surface area contributed by atoms with Crippen LogP contribution >= 0.6 is 23.2 Å². The van der Waals surface area contributed by atoms with E-state index >= 15 is 0 Å². The lowest BCUT2D eigenvalue weighted by molar-refractivity contribution is 0.0937. The number of nitrogens with one attached hydrogen (secondary N) is 3. The van der Waals surface area contributed by atoms with Crippen LogP contribution in [0.25, 0.3) is 16.6 Å². The molecule has 0 bridgehead atoms. The zero-order chi connectivity index (χ0) is 26.1. The first kappa shape index (κ1) is 26.7. The molecule has 0 unspecified atom stereocenters. The van der Waals surface area contributed by atoms with Crippen LogP contribution in [0.5, 0.6) is 0 Å². The number of rotatable bonds is 7. The van der Waals surface area contributed by atoms with Crippen molar-refractivity contribution in [2.24, 2.45) is 0 Å². The molecular formula is C24H25Cl2N7O3. The molecule has 3 amide bonds. The number of aromatic nitrogens is 3. The Bertz CT molecular complexity index is 1340. The van der Waals surface area contributed by atoms with Gasteiger partial charge >= 0.3 is 6.03 Å². The highest BCUT2D eigenvalue weighted by Crippen LogP contribution is 2.33. The highest BCUT2D eigenvalue weighted by molar-refractivity contribution is 6.33. The van der Waals surface area contributed by atoms with Crippen LogP contribution < -0.4 is 21.7 Å². The van der Waals surface area contributed by atoms with Crippen molar-refractivity contribution in [2.45, 2.75) is 0 Å². The van der Waals surface area contributed by atoms with E-state index in [2.05, 4.69) is 37.6 Å². The Morgan fingerprint density at radius 1 is 1.08 bits per heavy atom. The third-order valence-electron chi connectivity index (χ3n) is 4.99. The number of hydrogen-bond donors (Lipinski definition) is 4. The van der Waals surface area contributed by atoms with Crippen LogP contribution in [-0.4, -0.2) is 53.2 Å². The molecule has 4 rings (SSSR count). The minimum atomic E-state index is -0.439. The van der Waals surface area contributed by atoms with Crippen molar-refractivity contribution in [3.8, 4) is 11.1 Å². The fourth-order valence-electron chi connectivity index (χ4n) is 3.43. The lowest BCUT2D eigenvalue weighted by atomic mass is 10.0. The van der Waals surface area contributed by atoms with Crippen molar-refractivity contribution >= 4 is 57.8 Å². The lowest BCUT2D eigenvalue weighted by Gasteiger charge is -2.10. The first-order valence-electron chi connectivity index (χ1n) is 10.7. The molecule has 0 saturated heterocycles. The average molecular weight is 530 g/mol. The SMILES string of the molecule is CCl.COCCNC(=O)c1cn2ncnc(N)c2c1-c1ccc(NC(=O)Nc2ccccc2Cl)cc1. The number of benzene rings is 2. The van der Waals surface area contributed by atoms with Gasteiger partial charge in [-0.05, 0) is 29.8 Å². The molecule has 188 valence electrons. The number of fused-ring (bicyclic) bond motifs is 1. The number of ether oxygens (including phenoxy) is 1. The summed E-state index contributed by atoms with van der Waals surface area (Å²) in [6, 6.07) is 13.5. The first-order chi connectivity index (χ1) is 17.5. The van der Waals surface area contributed by atoms with Gasteiger partial charge in [0.05, 0.1) is 22.9 Å². The van der Waals surface area contributed by atoms with E-state index in [4.69, 9.17) is 22.1 Å². The standard InChI is InChI=1S/C23H22ClN7O3.CH3Cl/c1-34-11-10-26-22(32)16-12-31-20(21(25)27-13-28-31)19(16)14-6-8-15(9-7-14)29-23(33)30-18-5-3-2-4-17(18)24;1-2/h2-9,12-13H,10-11H2,1H3,(H,26,32)(H2,25,27,28)(H2,29,30,33);1H3. The maximum absolute atomic E-state index is 12.9. The van der Waals surface area contributed by atoms with Crippen LogP contribution in [0.2, 0.25) is 5.02 Å². The molecule has 4 aromatic rings. The first-order valence-corrected chi connectivity index (χ1v) is 11.8. The molecule has 10 nitrogen and oxygen atoms in total. The number of alkyl halides is 1. The Morgan fingerprint density at radius 3 is 2.50 bits per heavy atom. The van der Waals surface area contributed by atoms with E-state index in [0.29, 0.717) is 51.8 Å². The summed E-state index contributed by atoms with van der Waals surface area (Å²) in [5, 5.41) is 12.9. The predicted molar refractivity (Wildman–Crippen MR) is 143 cm³/mol. The van der Waals surface area contributed by atoms with Crippen LogP contribution in [0.15, 0.2) is 61.1 Å². The average Bonchev–Trinajstić information content (AvgIpc) is 3.28. The summed E-state index contributed by atoms with van der Waals surface area (Å²) in [6.45, 7) is 0.735. The molecule has 0 radical (unpaired) electrons. The van der Waals surface area contributed by atoms with Gasteiger partial charge < -0.3 is 26.4 Å². The number of carbonyl (C=O) groups is 2. The highest BCUT2D eigenvalue weighted by atomic mass is 35.5. The fraction of sp³-hybridized carbons (Fsp3) is 0.167. The topological polar surface area (TPSA) is 136 Å². The van der Waals surface area contributed by atoms with E-state index in [1.165, 1.54) is 17.2 Å². The molecule has 0 aliphatic rings. The number of hydrogen-bond acceptors (Lipinski definition) is 6. The maximum Gasteiger partial charge on any atom is 0.323 e. The quantitative estimate of drug-likeness (QED) is 0.205. The predicted octanol–water partition coefficient (Wildman–Crippen LogP) is 4.51. The molecular weight excluding hydrogens is 505 g/mol. The van der Waals surface area contributed by atoms with E-state index in [-0.39, 0.29) is 11.7 Å². The van der Waals surface area contributed by atoms with Crippen molar-refractivity contribution in [3.63, 3.8) is 0 Å². The monoisotopic (exact) mass is 529 g/mol. The van der Waals surface area contributed by atoms with Gasteiger partial charge in [-0.25, -0.2) is 14.3 Å². The molecule has 2 aromatic heterocycles. The summed E-state index contributed by atoms with van der Waals surface area (Å²) in [5.74, 6) is -0.0551. The van der Waals surface area contributed by atoms with E-state index in [0.717, 1.165) is 0 Å². The van der Waals surface area contributed by atoms with Gasteiger partial charge in [0.25, 0.3) is 5.91 Å². The Morgan fingerprint density at radius 2 is 1.81 bits per heavy atom. The number of anilines is 3. The molecule has 0 aliphatic heterocycles. The molecule has 36 heavy (non-hydrogen) atoms. The smallest absolute Gasteiger partial charge is 0.323 e. The highest BCUT2D eigenvalue weighted by Gasteiger charge is 2.21. The number of nitrogens with zero attached hydrogens (tertiary/aromatic N) is 3. The number of nitrogens with two attached hydrogens (primary N) is 1. The van der Waals surface area contributed by atoms with Crippen molar-refractivity contribution in [3.05, 3.63) is 71.6 Å². The van der Waals surface area contributed by atoms with E-state index in [1.54, 1.807) is 61.8 Å². The number of amides is 3.